The van der Waals surface area contributed by atoms with Crippen LogP contribution in [0, 0.1) is 23.6 Å². The number of hydrogen-bond acceptors (Lipinski definition) is 7. The lowest BCUT2D eigenvalue weighted by Gasteiger charge is -2.36. The predicted molar refractivity (Wildman–Crippen MR) is 134 cm³/mol. The lowest BCUT2D eigenvalue weighted by molar-refractivity contribution is -0.166. The maximum atomic E-state index is 13.7. The summed E-state index contributed by atoms with van der Waals surface area (Å²) < 4.78 is 19.0. The molecule has 3 fully saturated rings. The highest BCUT2D eigenvalue weighted by molar-refractivity contribution is 6.31. The second-order valence-corrected chi connectivity index (χ2v) is 11.3. The Balaban J connectivity index is 1.00. The van der Waals surface area contributed by atoms with E-state index in [1.165, 1.54) is 6.07 Å². The fraction of sp³-hybridized carbons (Fsp3) is 0.640. The van der Waals surface area contributed by atoms with Crippen molar-refractivity contribution >= 4 is 51.9 Å². The molecule has 1 aromatic carbocycles. The van der Waals surface area contributed by atoms with Gasteiger partial charge in [-0.2, -0.15) is 5.48 Å². The summed E-state index contributed by atoms with van der Waals surface area (Å²) in [6.07, 6.45) is 5.98. The summed E-state index contributed by atoms with van der Waals surface area (Å²) in [5, 5.41) is 4.99. The van der Waals surface area contributed by atoms with Crippen LogP contribution in [-0.4, -0.2) is 60.0 Å². The largest absolute Gasteiger partial charge is 0.354 e. The van der Waals surface area contributed by atoms with Gasteiger partial charge in [0.1, 0.15) is 5.82 Å². The average Bonchev–Trinajstić information content (AvgIpc) is 3.27. The van der Waals surface area contributed by atoms with E-state index in [0.29, 0.717) is 30.2 Å². The van der Waals surface area contributed by atoms with Crippen molar-refractivity contribution in [3.8, 4) is 0 Å². The van der Waals surface area contributed by atoms with E-state index in [1.807, 2.05) is 0 Å². The van der Waals surface area contributed by atoms with Crippen molar-refractivity contribution in [2.24, 2.45) is 17.8 Å². The quantitative estimate of drug-likeness (QED) is 0.425. The second-order valence-electron chi connectivity index (χ2n) is 10.3. The Morgan fingerprint density at radius 2 is 1.83 bits per heavy atom. The number of piperazine rings is 1. The standard InChI is InChI=1S/C25H31Cl2FN4O4/c26-18-11-17(12-18)25(34)36-30-24(33)16-3-1-15(2-4-16)5-6-31-7-9-32(10-8-31)23-19-13-20(27)21(28)14-22(19)35-29-23/h13-18H,1-12H2,(H,30,33). The molecule has 0 spiro atoms. The fourth-order valence-electron chi connectivity index (χ4n) is 5.42. The van der Waals surface area contributed by atoms with E-state index in [1.54, 1.807) is 6.07 Å². The molecule has 2 aliphatic carbocycles. The average molecular weight is 541 g/mol. The highest BCUT2D eigenvalue weighted by atomic mass is 35.5. The summed E-state index contributed by atoms with van der Waals surface area (Å²) in [4.78, 5) is 33.9. The first-order valence-corrected chi connectivity index (χ1v) is 13.5. The van der Waals surface area contributed by atoms with Gasteiger partial charge in [-0.25, -0.2) is 9.18 Å². The van der Waals surface area contributed by atoms with Crippen LogP contribution in [-0.2, 0) is 14.4 Å². The Kier molecular flexibility index (Phi) is 7.88. The van der Waals surface area contributed by atoms with Crippen LogP contribution in [0.3, 0.4) is 0 Å². The zero-order chi connectivity index (χ0) is 25.2. The van der Waals surface area contributed by atoms with E-state index in [-0.39, 0.29) is 34.1 Å². The van der Waals surface area contributed by atoms with E-state index in [4.69, 9.17) is 32.6 Å². The number of benzene rings is 1. The minimum Gasteiger partial charge on any atom is -0.354 e. The molecule has 196 valence electrons. The van der Waals surface area contributed by atoms with Crippen molar-refractivity contribution in [2.45, 2.75) is 50.3 Å². The molecule has 36 heavy (non-hydrogen) atoms. The molecule has 2 aromatic rings. The number of fused-ring (bicyclic) bond motifs is 1. The van der Waals surface area contributed by atoms with Crippen LogP contribution in [0.15, 0.2) is 16.7 Å². The molecule has 1 amide bonds. The molecule has 2 heterocycles. The number of alkyl halides is 1. The van der Waals surface area contributed by atoms with Crippen molar-refractivity contribution < 1.29 is 23.3 Å². The molecular formula is C25H31Cl2FN4O4. The number of carbonyl (C=O) groups excluding carboxylic acids is 2. The lowest BCUT2D eigenvalue weighted by Crippen LogP contribution is -2.47. The molecule has 8 nitrogen and oxygen atoms in total. The summed E-state index contributed by atoms with van der Waals surface area (Å²) in [5.74, 6) is -0.0639. The summed E-state index contributed by atoms with van der Waals surface area (Å²) in [5.41, 5.74) is 2.77. The normalized spacial score (nSPS) is 27.0. The summed E-state index contributed by atoms with van der Waals surface area (Å²) in [6.45, 7) is 4.48. The monoisotopic (exact) mass is 540 g/mol. The first kappa shape index (κ1) is 25.5. The van der Waals surface area contributed by atoms with Crippen LogP contribution >= 0.6 is 23.2 Å². The first-order chi connectivity index (χ1) is 17.4. The van der Waals surface area contributed by atoms with Crippen molar-refractivity contribution in [3.63, 3.8) is 0 Å². The van der Waals surface area contributed by atoms with Crippen LogP contribution in [0.25, 0.3) is 11.0 Å². The third kappa shape index (κ3) is 5.73. The number of hydroxylamine groups is 1. The number of carbonyl (C=O) groups is 2. The van der Waals surface area contributed by atoms with Gasteiger partial charge in [0.05, 0.1) is 16.3 Å². The topological polar surface area (TPSA) is 87.9 Å². The van der Waals surface area contributed by atoms with E-state index >= 15 is 0 Å². The molecule has 2 saturated carbocycles. The van der Waals surface area contributed by atoms with Gasteiger partial charge < -0.3 is 14.3 Å². The predicted octanol–water partition coefficient (Wildman–Crippen LogP) is 4.53. The maximum Gasteiger partial charge on any atom is 0.335 e. The molecule has 1 N–H and O–H groups in total. The molecule has 0 radical (unpaired) electrons. The Morgan fingerprint density at radius 3 is 2.53 bits per heavy atom. The van der Waals surface area contributed by atoms with E-state index < -0.39 is 5.82 Å². The minimum absolute atomic E-state index is 0.0398. The number of hydrogen-bond donors (Lipinski definition) is 1. The number of nitrogens with zero attached hydrogens (tertiary/aromatic N) is 3. The number of halogens is 3. The summed E-state index contributed by atoms with van der Waals surface area (Å²) in [6, 6.07) is 2.86. The molecule has 3 aliphatic rings. The molecule has 0 atom stereocenters. The van der Waals surface area contributed by atoms with Crippen LogP contribution in [0.4, 0.5) is 10.2 Å². The molecule has 0 bridgehead atoms. The van der Waals surface area contributed by atoms with Gasteiger partial charge in [-0.15, -0.1) is 11.6 Å². The zero-order valence-corrected chi connectivity index (χ0v) is 21.6. The number of anilines is 1. The molecule has 0 unspecified atom stereocenters. The third-order valence-electron chi connectivity index (χ3n) is 7.90. The number of nitrogens with one attached hydrogen (secondary N) is 1. The van der Waals surface area contributed by atoms with Gasteiger partial charge in [-0.05, 0) is 63.5 Å². The highest BCUT2D eigenvalue weighted by Crippen LogP contribution is 2.34. The second kappa shape index (κ2) is 11.1. The number of aromatic nitrogens is 1. The molecule has 11 heteroatoms. The Hall–Kier alpha value is -2.10. The van der Waals surface area contributed by atoms with Crippen molar-refractivity contribution in [1.82, 2.24) is 15.5 Å². The van der Waals surface area contributed by atoms with Crippen molar-refractivity contribution in [2.75, 3.05) is 37.6 Å². The third-order valence-corrected chi connectivity index (χ3v) is 8.55. The van der Waals surface area contributed by atoms with Gasteiger partial charge >= 0.3 is 5.97 Å². The Morgan fingerprint density at radius 1 is 1.11 bits per heavy atom. The highest BCUT2D eigenvalue weighted by Gasteiger charge is 2.35. The van der Waals surface area contributed by atoms with Gasteiger partial charge in [-0.1, -0.05) is 16.8 Å². The minimum atomic E-state index is -0.510. The fourth-order valence-corrected chi connectivity index (χ4v) is 6.01. The van der Waals surface area contributed by atoms with Gasteiger partial charge in [0, 0.05) is 43.5 Å². The summed E-state index contributed by atoms with van der Waals surface area (Å²) >= 11 is 11.9. The smallest absolute Gasteiger partial charge is 0.335 e. The maximum absolute atomic E-state index is 13.7. The van der Waals surface area contributed by atoms with Crippen LogP contribution in [0.1, 0.15) is 44.9 Å². The van der Waals surface area contributed by atoms with Gasteiger partial charge in [0.2, 0.25) is 0 Å². The van der Waals surface area contributed by atoms with E-state index in [2.05, 4.69) is 20.4 Å². The van der Waals surface area contributed by atoms with Crippen LogP contribution < -0.4 is 10.4 Å². The SMILES string of the molecule is O=C(NOC(=O)C1CC(Cl)C1)C1CCC(CCN2CCN(c3noc4cc(F)c(Cl)cc34)CC2)CC1. The Bertz CT molecular complexity index is 1090. The van der Waals surface area contributed by atoms with Crippen LogP contribution in [0.2, 0.25) is 5.02 Å². The number of rotatable bonds is 6. The number of amides is 1. The van der Waals surface area contributed by atoms with Crippen molar-refractivity contribution in [3.05, 3.63) is 23.0 Å². The van der Waals surface area contributed by atoms with Gasteiger partial charge in [-0.3, -0.25) is 9.69 Å². The zero-order valence-electron chi connectivity index (χ0n) is 20.1. The molecule has 1 aromatic heterocycles. The summed E-state index contributed by atoms with van der Waals surface area (Å²) in [7, 11) is 0. The first-order valence-electron chi connectivity index (χ1n) is 12.7. The van der Waals surface area contributed by atoms with Crippen molar-refractivity contribution in [1.29, 1.82) is 0 Å². The molecule has 1 aliphatic heterocycles. The lowest BCUT2D eigenvalue weighted by atomic mass is 9.80. The molecule has 5 rings (SSSR count). The molecule has 1 saturated heterocycles. The van der Waals surface area contributed by atoms with E-state index in [0.717, 1.165) is 70.2 Å². The van der Waals surface area contributed by atoms with Gasteiger partial charge in [0.15, 0.2) is 11.4 Å². The molecular weight excluding hydrogens is 510 g/mol. The van der Waals surface area contributed by atoms with E-state index in [9.17, 15) is 14.0 Å². The van der Waals surface area contributed by atoms with Gasteiger partial charge in [0.25, 0.3) is 5.91 Å². The van der Waals surface area contributed by atoms with Crippen LogP contribution in [0.5, 0.6) is 0 Å². The Labute approximate surface area is 219 Å².